The number of amides is 1. The van der Waals surface area contributed by atoms with E-state index < -0.39 is 0 Å². The number of methoxy groups -OCH3 is 4. The molecule has 2 aromatic carbocycles. The first-order valence-corrected chi connectivity index (χ1v) is 10.3. The van der Waals surface area contributed by atoms with Gasteiger partial charge in [0.15, 0.2) is 11.5 Å². The number of ether oxygens (including phenoxy) is 4. The lowest BCUT2D eigenvalue weighted by molar-refractivity contribution is -0.119. The highest BCUT2D eigenvalue weighted by molar-refractivity contribution is 5.91. The molecule has 0 aromatic heterocycles. The van der Waals surface area contributed by atoms with Crippen molar-refractivity contribution in [3.63, 3.8) is 0 Å². The van der Waals surface area contributed by atoms with Crippen LogP contribution in [0.5, 0.6) is 23.0 Å². The molecule has 1 saturated heterocycles. The number of benzene rings is 2. The summed E-state index contributed by atoms with van der Waals surface area (Å²) >= 11 is 0. The van der Waals surface area contributed by atoms with Crippen molar-refractivity contribution in [3.05, 3.63) is 41.5 Å². The van der Waals surface area contributed by atoms with Crippen LogP contribution in [0.2, 0.25) is 0 Å². The number of nitrogen functional groups attached to an aromatic ring is 1. The summed E-state index contributed by atoms with van der Waals surface area (Å²) in [4.78, 5) is 10.4. The highest BCUT2D eigenvalue weighted by Crippen LogP contribution is 2.40. The molecule has 3 rings (SSSR count). The van der Waals surface area contributed by atoms with E-state index in [1.807, 2.05) is 6.07 Å². The van der Waals surface area contributed by atoms with E-state index in [-0.39, 0.29) is 11.9 Å². The fraction of sp³-hybridized carbons (Fsp3) is 0.333. The second kappa shape index (κ2) is 12.2. The van der Waals surface area contributed by atoms with Gasteiger partial charge in [-0.15, -0.1) is 0 Å². The number of rotatable bonds is 7. The Hall–Kier alpha value is -3.90. The monoisotopic (exact) mass is 454 g/mol. The Bertz CT molecular complexity index is 1010. The van der Waals surface area contributed by atoms with Crippen molar-refractivity contribution in [2.24, 2.45) is 5.73 Å². The summed E-state index contributed by atoms with van der Waals surface area (Å²) in [6.45, 7) is 0.938. The van der Waals surface area contributed by atoms with Crippen LogP contribution in [0.1, 0.15) is 24.0 Å². The predicted molar refractivity (Wildman–Crippen MR) is 127 cm³/mol. The van der Waals surface area contributed by atoms with Crippen molar-refractivity contribution in [2.75, 3.05) is 40.7 Å². The van der Waals surface area contributed by atoms with Crippen molar-refractivity contribution < 1.29 is 23.7 Å². The molecule has 5 N–H and O–H groups in total. The van der Waals surface area contributed by atoms with Gasteiger partial charge in [0, 0.05) is 0 Å². The molecule has 1 aliphatic heterocycles. The zero-order valence-corrected chi connectivity index (χ0v) is 19.3. The number of anilines is 1. The SMILES string of the molecule is COc1ccc(/C=C(/C#N)c2cc(OC)c(OC)c(OC)c2)cc1N.NC(=O)[C@H]1CCCN1. The van der Waals surface area contributed by atoms with Crippen LogP contribution in [0.25, 0.3) is 11.6 Å². The first-order chi connectivity index (χ1) is 15.9. The van der Waals surface area contributed by atoms with Gasteiger partial charge in [0.2, 0.25) is 11.7 Å². The number of hydrogen-bond acceptors (Lipinski definition) is 8. The molecule has 0 saturated carbocycles. The third-order valence-electron chi connectivity index (χ3n) is 5.06. The number of nitriles is 1. The third-order valence-corrected chi connectivity index (χ3v) is 5.06. The highest BCUT2D eigenvalue weighted by atomic mass is 16.5. The van der Waals surface area contributed by atoms with E-state index in [0.29, 0.717) is 39.8 Å². The van der Waals surface area contributed by atoms with Gasteiger partial charge in [-0.1, -0.05) is 6.07 Å². The summed E-state index contributed by atoms with van der Waals surface area (Å²) in [7, 11) is 6.14. The number of nitrogens with two attached hydrogens (primary N) is 2. The smallest absolute Gasteiger partial charge is 0.234 e. The average molecular weight is 455 g/mol. The molecule has 9 heteroatoms. The molecule has 1 aliphatic rings. The van der Waals surface area contributed by atoms with Crippen LogP contribution in [0.4, 0.5) is 5.69 Å². The minimum absolute atomic E-state index is 0.0463. The second-order valence-corrected chi connectivity index (χ2v) is 7.14. The Kier molecular flexibility index (Phi) is 9.39. The molecule has 0 spiro atoms. The lowest BCUT2D eigenvalue weighted by Gasteiger charge is -2.14. The number of primary amides is 1. The number of carbonyl (C=O) groups excluding carboxylic acids is 1. The first kappa shape index (κ1) is 25.4. The molecule has 33 heavy (non-hydrogen) atoms. The summed E-state index contributed by atoms with van der Waals surface area (Å²) in [6.07, 6.45) is 3.72. The van der Waals surface area contributed by atoms with Crippen LogP contribution in [0.3, 0.4) is 0 Å². The van der Waals surface area contributed by atoms with E-state index in [0.717, 1.165) is 24.9 Å². The maximum Gasteiger partial charge on any atom is 0.234 e. The van der Waals surface area contributed by atoms with E-state index in [1.165, 1.54) is 21.3 Å². The molecule has 176 valence electrons. The fourth-order valence-corrected chi connectivity index (χ4v) is 3.35. The molecular weight excluding hydrogens is 424 g/mol. The predicted octanol–water partition coefficient (Wildman–Crippen LogP) is 2.59. The van der Waals surface area contributed by atoms with Gasteiger partial charge in [0.1, 0.15) is 5.75 Å². The van der Waals surface area contributed by atoms with E-state index >= 15 is 0 Å². The Morgan fingerprint density at radius 2 is 1.70 bits per heavy atom. The molecular formula is C24H30N4O5. The number of nitrogens with zero attached hydrogens (tertiary/aromatic N) is 1. The minimum atomic E-state index is -0.220. The molecule has 2 aromatic rings. The Labute approximate surface area is 193 Å². The maximum atomic E-state index is 10.4. The zero-order chi connectivity index (χ0) is 24.4. The lowest BCUT2D eigenvalue weighted by Crippen LogP contribution is -2.36. The lowest BCUT2D eigenvalue weighted by atomic mass is 10.0. The zero-order valence-electron chi connectivity index (χ0n) is 19.3. The summed E-state index contributed by atoms with van der Waals surface area (Å²) in [5.74, 6) is 1.80. The van der Waals surface area contributed by atoms with Crippen molar-refractivity contribution >= 4 is 23.2 Å². The Balaban J connectivity index is 0.000000405. The van der Waals surface area contributed by atoms with Crippen LogP contribution in [0.15, 0.2) is 30.3 Å². The number of hydrogen-bond donors (Lipinski definition) is 3. The molecule has 1 amide bonds. The van der Waals surface area contributed by atoms with Crippen LogP contribution >= 0.6 is 0 Å². The summed E-state index contributed by atoms with van der Waals surface area (Å²) in [5.41, 5.74) is 13.3. The van der Waals surface area contributed by atoms with Gasteiger partial charge in [0.25, 0.3) is 0 Å². The van der Waals surface area contributed by atoms with Crippen LogP contribution in [-0.2, 0) is 4.79 Å². The molecule has 1 heterocycles. The van der Waals surface area contributed by atoms with Gasteiger partial charge in [-0.3, -0.25) is 4.79 Å². The van der Waals surface area contributed by atoms with Crippen molar-refractivity contribution in [2.45, 2.75) is 18.9 Å². The van der Waals surface area contributed by atoms with E-state index in [1.54, 1.807) is 37.5 Å². The molecule has 9 nitrogen and oxygen atoms in total. The summed E-state index contributed by atoms with van der Waals surface area (Å²) in [6, 6.07) is 10.9. The molecule has 1 atom stereocenters. The van der Waals surface area contributed by atoms with Gasteiger partial charge < -0.3 is 35.7 Å². The standard InChI is InChI=1S/C19H20N2O4.C5H10N2O/c1-22-16-6-5-12(8-15(16)21)7-14(11-20)13-9-17(23-2)19(25-4)18(10-13)24-3;6-5(8)4-2-1-3-7-4/h5-10H,21H2,1-4H3;4,7H,1-3H2,(H2,6,8)/b14-7-;/t;4-/m.1/s1. The van der Waals surface area contributed by atoms with Crippen molar-refractivity contribution in [3.8, 4) is 29.1 Å². The molecule has 0 bridgehead atoms. The van der Waals surface area contributed by atoms with Gasteiger partial charge in [-0.05, 0) is 60.9 Å². The Morgan fingerprint density at radius 1 is 1.06 bits per heavy atom. The summed E-state index contributed by atoms with van der Waals surface area (Å²) in [5, 5.41) is 12.6. The fourth-order valence-electron chi connectivity index (χ4n) is 3.35. The van der Waals surface area contributed by atoms with Gasteiger partial charge in [0.05, 0.1) is 51.8 Å². The van der Waals surface area contributed by atoms with Crippen LogP contribution < -0.4 is 35.7 Å². The van der Waals surface area contributed by atoms with E-state index in [9.17, 15) is 10.1 Å². The van der Waals surface area contributed by atoms with Crippen LogP contribution in [-0.4, -0.2) is 46.9 Å². The van der Waals surface area contributed by atoms with Gasteiger partial charge in [-0.2, -0.15) is 5.26 Å². The molecule has 1 fully saturated rings. The molecule has 0 unspecified atom stereocenters. The quantitative estimate of drug-likeness (QED) is 0.329. The minimum Gasteiger partial charge on any atom is -0.495 e. The first-order valence-electron chi connectivity index (χ1n) is 10.3. The molecule has 0 aliphatic carbocycles. The largest absolute Gasteiger partial charge is 0.495 e. The number of nitrogens with one attached hydrogen (secondary N) is 1. The van der Waals surface area contributed by atoms with E-state index in [2.05, 4.69) is 11.4 Å². The second-order valence-electron chi connectivity index (χ2n) is 7.14. The van der Waals surface area contributed by atoms with E-state index in [4.69, 9.17) is 30.4 Å². The Morgan fingerprint density at radius 3 is 2.09 bits per heavy atom. The van der Waals surface area contributed by atoms with Crippen molar-refractivity contribution in [1.82, 2.24) is 5.32 Å². The third kappa shape index (κ3) is 6.54. The molecule has 0 radical (unpaired) electrons. The number of carbonyl (C=O) groups is 1. The van der Waals surface area contributed by atoms with Crippen molar-refractivity contribution in [1.29, 1.82) is 5.26 Å². The highest BCUT2D eigenvalue weighted by Gasteiger charge is 2.18. The summed E-state index contributed by atoms with van der Waals surface area (Å²) < 4.78 is 21.1. The van der Waals surface area contributed by atoms with Gasteiger partial charge >= 0.3 is 0 Å². The van der Waals surface area contributed by atoms with Crippen LogP contribution in [0, 0.1) is 11.3 Å². The normalized spacial score (nSPS) is 15.0. The van der Waals surface area contributed by atoms with Gasteiger partial charge in [-0.25, -0.2) is 0 Å². The number of allylic oxidation sites excluding steroid dienone is 1. The average Bonchev–Trinajstić information content (AvgIpc) is 3.37. The maximum absolute atomic E-state index is 10.4. The topological polar surface area (TPSA) is 142 Å².